The Balaban J connectivity index is 1.59. The van der Waals surface area contributed by atoms with E-state index in [9.17, 15) is 18.0 Å². The van der Waals surface area contributed by atoms with Gasteiger partial charge in [0, 0.05) is 12.5 Å². The zero-order valence-corrected chi connectivity index (χ0v) is 16.3. The monoisotopic (exact) mass is 425 g/mol. The van der Waals surface area contributed by atoms with E-state index in [1.54, 1.807) is 18.2 Å². The van der Waals surface area contributed by atoms with E-state index in [0.717, 1.165) is 17.7 Å². The van der Waals surface area contributed by atoms with Gasteiger partial charge in [0.25, 0.3) is 0 Å². The summed E-state index contributed by atoms with van der Waals surface area (Å²) in [7, 11) is 0. The average molecular weight is 425 g/mol. The fourth-order valence-corrected chi connectivity index (χ4v) is 3.11. The number of furan rings is 1. The molecular weight excluding hydrogens is 407 g/mol. The van der Waals surface area contributed by atoms with Gasteiger partial charge in [0.1, 0.15) is 11.5 Å². The molecule has 1 N–H and O–H groups in total. The van der Waals surface area contributed by atoms with Crippen LogP contribution in [0.15, 0.2) is 83.5 Å². The number of benzene rings is 2. The summed E-state index contributed by atoms with van der Waals surface area (Å²) in [6, 6.07) is 19.2. The highest BCUT2D eigenvalue weighted by atomic mass is 19.4. The molecule has 0 aliphatic carbocycles. The highest BCUT2D eigenvalue weighted by molar-refractivity contribution is 5.90. The topological polar surface area (TPSA) is 60.1 Å². The van der Waals surface area contributed by atoms with Gasteiger partial charge in [0.05, 0.1) is 17.5 Å². The molecule has 4 aromatic rings. The maximum atomic E-state index is 12.9. The van der Waals surface area contributed by atoms with Gasteiger partial charge < -0.3 is 9.73 Å². The Bertz CT molecular complexity index is 1150. The summed E-state index contributed by atoms with van der Waals surface area (Å²) in [6.07, 6.45) is -2.13. The SMILES string of the molecule is O=C(CCc1ccccc1)Nc1cc(-c2ccco2)nn1-c1ccc(C(F)(F)F)cc1. The molecule has 0 unspecified atom stereocenters. The Morgan fingerprint density at radius 1 is 1.00 bits per heavy atom. The summed E-state index contributed by atoms with van der Waals surface area (Å²) in [5.74, 6) is 0.581. The second kappa shape index (κ2) is 8.51. The highest BCUT2D eigenvalue weighted by Gasteiger charge is 2.30. The third kappa shape index (κ3) is 4.85. The minimum atomic E-state index is -4.43. The first-order chi connectivity index (χ1) is 14.9. The number of carbonyl (C=O) groups is 1. The quantitative estimate of drug-likeness (QED) is 0.430. The molecule has 158 valence electrons. The first-order valence-corrected chi connectivity index (χ1v) is 9.55. The second-order valence-electron chi connectivity index (χ2n) is 6.88. The van der Waals surface area contributed by atoms with Gasteiger partial charge in [-0.25, -0.2) is 4.68 Å². The third-order valence-corrected chi connectivity index (χ3v) is 4.67. The first-order valence-electron chi connectivity index (χ1n) is 9.55. The second-order valence-corrected chi connectivity index (χ2v) is 6.88. The normalized spacial score (nSPS) is 11.5. The van der Waals surface area contributed by atoms with Crippen molar-refractivity contribution in [1.82, 2.24) is 9.78 Å². The van der Waals surface area contributed by atoms with Crippen LogP contribution >= 0.6 is 0 Å². The van der Waals surface area contributed by atoms with Gasteiger partial charge in [0.2, 0.25) is 5.91 Å². The zero-order valence-electron chi connectivity index (χ0n) is 16.3. The van der Waals surface area contributed by atoms with Crippen molar-refractivity contribution in [2.75, 3.05) is 5.32 Å². The van der Waals surface area contributed by atoms with E-state index in [1.165, 1.54) is 23.1 Å². The average Bonchev–Trinajstić information content (AvgIpc) is 3.43. The number of nitrogens with one attached hydrogen (secondary N) is 1. The number of halogens is 3. The van der Waals surface area contributed by atoms with E-state index < -0.39 is 11.7 Å². The lowest BCUT2D eigenvalue weighted by molar-refractivity contribution is -0.137. The molecule has 5 nitrogen and oxygen atoms in total. The van der Waals surface area contributed by atoms with E-state index in [-0.39, 0.29) is 12.3 Å². The van der Waals surface area contributed by atoms with Crippen LogP contribution in [0, 0.1) is 0 Å². The molecule has 0 spiro atoms. The van der Waals surface area contributed by atoms with Crippen molar-refractivity contribution in [3.63, 3.8) is 0 Å². The fourth-order valence-electron chi connectivity index (χ4n) is 3.11. The predicted molar refractivity (Wildman–Crippen MR) is 110 cm³/mol. The van der Waals surface area contributed by atoms with Gasteiger partial charge in [-0.3, -0.25) is 4.79 Å². The summed E-state index contributed by atoms with van der Waals surface area (Å²) >= 11 is 0. The van der Waals surface area contributed by atoms with E-state index >= 15 is 0 Å². The molecular formula is C23H18F3N3O2. The van der Waals surface area contributed by atoms with Crippen molar-refractivity contribution in [3.05, 3.63) is 90.2 Å². The summed E-state index contributed by atoms with van der Waals surface area (Å²) < 4.78 is 45.4. The van der Waals surface area contributed by atoms with Gasteiger partial charge in [0.15, 0.2) is 5.76 Å². The molecule has 8 heteroatoms. The van der Waals surface area contributed by atoms with Crippen LogP contribution in [0.3, 0.4) is 0 Å². The number of nitrogens with zero attached hydrogens (tertiary/aromatic N) is 2. The van der Waals surface area contributed by atoms with E-state index in [0.29, 0.717) is 29.4 Å². The number of alkyl halides is 3. The van der Waals surface area contributed by atoms with Crippen molar-refractivity contribution in [1.29, 1.82) is 0 Å². The van der Waals surface area contributed by atoms with Gasteiger partial charge in [-0.05, 0) is 48.4 Å². The highest BCUT2D eigenvalue weighted by Crippen LogP contribution is 2.31. The summed E-state index contributed by atoms with van der Waals surface area (Å²) in [5.41, 5.74) is 1.10. The van der Waals surface area contributed by atoms with Gasteiger partial charge in [-0.1, -0.05) is 30.3 Å². The standard InChI is InChI=1S/C23H18F3N3O2/c24-23(25,26)17-9-11-18(12-10-17)29-21(15-19(28-29)20-7-4-14-31-20)27-22(30)13-8-16-5-2-1-3-6-16/h1-7,9-12,14-15H,8,13H2,(H,27,30). The van der Waals surface area contributed by atoms with Crippen molar-refractivity contribution >= 4 is 11.7 Å². The summed E-state index contributed by atoms with van der Waals surface area (Å²) in [6.45, 7) is 0. The number of aryl methyl sites for hydroxylation is 1. The van der Waals surface area contributed by atoms with E-state index in [2.05, 4.69) is 10.4 Å². The Labute approximate surface area is 176 Å². The van der Waals surface area contributed by atoms with Crippen LogP contribution in [0.2, 0.25) is 0 Å². The van der Waals surface area contributed by atoms with E-state index in [4.69, 9.17) is 4.42 Å². The Morgan fingerprint density at radius 2 is 1.74 bits per heavy atom. The largest absolute Gasteiger partial charge is 0.463 e. The zero-order chi connectivity index (χ0) is 21.8. The lowest BCUT2D eigenvalue weighted by atomic mass is 10.1. The Kier molecular flexibility index (Phi) is 5.62. The number of aromatic nitrogens is 2. The molecule has 0 aliphatic rings. The molecule has 0 aliphatic heterocycles. The van der Waals surface area contributed by atoms with Crippen LogP contribution in [-0.2, 0) is 17.4 Å². The minimum Gasteiger partial charge on any atom is -0.463 e. The number of hydrogen-bond acceptors (Lipinski definition) is 3. The lowest BCUT2D eigenvalue weighted by Gasteiger charge is -2.11. The molecule has 2 heterocycles. The molecule has 0 fully saturated rings. The minimum absolute atomic E-state index is 0.233. The van der Waals surface area contributed by atoms with E-state index in [1.807, 2.05) is 30.3 Å². The maximum Gasteiger partial charge on any atom is 0.416 e. The first kappa shape index (κ1) is 20.5. The molecule has 0 atom stereocenters. The fraction of sp³-hybridized carbons (Fsp3) is 0.130. The number of rotatable bonds is 6. The third-order valence-electron chi connectivity index (χ3n) is 4.67. The molecule has 0 saturated heterocycles. The van der Waals surface area contributed by atoms with Gasteiger partial charge in [-0.15, -0.1) is 0 Å². The van der Waals surface area contributed by atoms with Gasteiger partial charge >= 0.3 is 6.18 Å². The van der Waals surface area contributed by atoms with Crippen LogP contribution < -0.4 is 5.32 Å². The van der Waals surface area contributed by atoms with Crippen LogP contribution in [0.1, 0.15) is 17.5 Å². The molecule has 2 aromatic heterocycles. The molecule has 0 radical (unpaired) electrons. The van der Waals surface area contributed by atoms with Gasteiger partial charge in [-0.2, -0.15) is 18.3 Å². The lowest BCUT2D eigenvalue weighted by Crippen LogP contribution is -2.15. The van der Waals surface area contributed by atoms with Crippen molar-refractivity contribution in [2.24, 2.45) is 0 Å². The number of amides is 1. The number of anilines is 1. The van der Waals surface area contributed by atoms with Crippen LogP contribution in [-0.4, -0.2) is 15.7 Å². The number of carbonyl (C=O) groups excluding carboxylic acids is 1. The molecule has 31 heavy (non-hydrogen) atoms. The van der Waals surface area contributed by atoms with Crippen LogP contribution in [0.4, 0.5) is 19.0 Å². The Hall–Kier alpha value is -3.81. The molecule has 0 bridgehead atoms. The molecule has 0 saturated carbocycles. The van der Waals surface area contributed by atoms with Crippen LogP contribution in [0.5, 0.6) is 0 Å². The molecule has 2 aromatic carbocycles. The maximum absolute atomic E-state index is 12.9. The summed E-state index contributed by atoms with van der Waals surface area (Å²) in [5, 5.41) is 7.22. The smallest absolute Gasteiger partial charge is 0.416 e. The van der Waals surface area contributed by atoms with Crippen LogP contribution in [0.25, 0.3) is 17.1 Å². The molecule has 1 amide bonds. The number of hydrogen-bond donors (Lipinski definition) is 1. The van der Waals surface area contributed by atoms with Crippen molar-refractivity contribution in [2.45, 2.75) is 19.0 Å². The van der Waals surface area contributed by atoms with Crippen molar-refractivity contribution in [3.8, 4) is 17.1 Å². The Morgan fingerprint density at radius 3 is 2.39 bits per heavy atom. The predicted octanol–water partition coefficient (Wildman–Crippen LogP) is 5.72. The summed E-state index contributed by atoms with van der Waals surface area (Å²) in [4.78, 5) is 12.5. The van der Waals surface area contributed by atoms with Crippen molar-refractivity contribution < 1.29 is 22.4 Å². The molecule has 4 rings (SSSR count).